The van der Waals surface area contributed by atoms with E-state index in [2.05, 4.69) is 27.0 Å². The number of benzene rings is 3. The zero-order chi connectivity index (χ0) is 25.5. The SMILES string of the molecule is Cc1c2c(=O)n(-c3ccccc3)n(Cc3ccc(Br)cc3)c2cc(=O)n1CC[C@@H]1C=Nc2ccccc21. The van der Waals surface area contributed by atoms with E-state index in [9.17, 15) is 9.59 Å². The molecule has 5 aromatic rings. The van der Waals surface area contributed by atoms with Crippen molar-refractivity contribution >= 4 is 38.7 Å². The van der Waals surface area contributed by atoms with E-state index in [0.29, 0.717) is 29.7 Å². The van der Waals surface area contributed by atoms with Crippen LogP contribution in [-0.2, 0) is 13.1 Å². The molecule has 0 amide bonds. The first-order chi connectivity index (χ1) is 18.0. The van der Waals surface area contributed by atoms with Crippen LogP contribution in [0.5, 0.6) is 0 Å². The average molecular weight is 553 g/mol. The van der Waals surface area contributed by atoms with Gasteiger partial charge in [0.25, 0.3) is 11.1 Å². The molecule has 0 spiro atoms. The molecule has 0 fully saturated rings. The topological polar surface area (TPSA) is 61.3 Å². The summed E-state index contributed by atoms with van der Waals surface area (Å²) in [5.41, 5.74) is 5.06. The number of aromatic nitrogens is 3. The van der Waals surface area contributed by atoms with Gasteiger partial charge in [-0.1, -0.05) is 64.5 Å². The smallest absolute Gasteiger partial charge is 0.281 e. The van der Waals surface area contributed by atoms with Gasteiger partial charge in [0.2, 0.25) is 0 Å². The summed E-state index contributed by atoms with van der Waals surface area (Å²) in [6.07, 6.45) is 2.69. The molecule has 0 saturated carbocycles. The molecule has 7 heteroatoms. The number of fused-ring (bicyclic) bond motifs is 2. The minimum atomic E-state index is -0.127. The van der Waals surface area contributed by atoms with Crippen molar-refractivity contribution in [1.29, 1.82) is 0 Å². The highest BCUT2D eigenvalue weighted by molar-refractivity contribution is 9.10. The van der Waals surface area contributed by atoms with Crippen LogP contribution >= 0.6 is 15.9 Å². The lowest BCUT2D eigenvalue weighted by Gasteiger charge is -2.15. The Kier molecular flexibility index (Phi) is 6.00. The molecule has 3 aromatic carbocycles. The van der Waals surface area contributed by atoms with Crippen LogP contribution in [0.3, 0.4) is 0 Å². The van der Waals surface area contributed by atoms with Gasteiger partial charge in [0.1, 0.15) is 0 Å². The molecule has 184 valence electrons. The van der Waals surface area contributed by atoms with Crippen LogP contribution in [0.25, 0.3) is 16.6 Å². The molecule has 1 aliphatic heterocycles. The van der Waals surface area contributed by atoms with E-state index >= 15 is 0 Å². The standard InChI is InChI=1S/C30H25BrN4O2/c1-20-29-27(17-28(36)33(20)16-15-22-18-32-26-10-6-5-9-25(22)26)34(19-21-11-13-23(31)14-12-21)35(30(29)37)24-7-3-2-4-8-24/h2-14,17-18,22H,15-16,19H2,1H3/t22-/m1/s1. The van der Waals surface area contributed by atoms with Gasteiger partial charge >= 0.3 is 0 Å². The van der Waals surface area contributed by atoms with Gasteiger partial charge < -0.3 is 4.57 Å². The summed E-state index contributed by atoms with van der Waals surface area (Å²) in [5.74, 6) is 0.154. The third-order valence-electron chi connectivity index (χ3n) is 7.11. The molecule has 6 nitrogen and oxygen atoms in total. The van der Waals surface area contributed by atoms with Gasteiger partial charge in [0.05, 0.1) is 28.8 Å². The van der Waals surface area contributed by atoms with E-state index in [4.69, 9.17) is 0 Å². The molecule has 0 aliphatic carbocycles. The minimum absolute atomic E-state index is 0.108. The molecule has 0 unspecified atom stereocenters. The lowest BCUT2D eigenvalue weighted by Crippen LogP contribution is -2.24. The normalized spacial score (nSPS) is 14.4. The number of rotatable bonds is 6. The largest absolute Gasteiger partial charge is 0.312 e. The minimum Gasteiger partial charge on any atom is -0.312 e. The summed E-state index contributed by atoms with van der Waals surface area (Å²) >= 11 is 3.49. The van der Waals surface area contributed by atoms with Crippen LogP contribution in [0.2, 0.25) is 0 Å². The highest BCUT2D eigenvalue weighted by Crippen LogP contribution is 2.34. The molecule has 1 atom stereocenters. The summed E-state index contributed by atoms with van der Waals surface area (Å²) < 4.78 is 6.32. The van der Waals surface area contributed by atoms with Gasteiger partial charge in [-0.2, -0.15) is 0 Å². The second kappa shape index (κ2) is 9.48. The van der Waals surface area contributed by atoms with Crippen LogP contribution in [0, 0.1) is 6.92 Å². The Balaban J connectivity index is 1.46. The average Bonchev–Trinajstić information content (AvgIpc) is 3.44. The second-order valence-corrected chi connectivity index (χ2v) is 10.3. The maximum absolute atomic E-state index is 13.9. The summed E-state index contributed by atoms with van der Waals surface area (Å²) in [6.45, 7) is 2.84. The monoisotopic (exact) mass is 552 g/mol. The molecule has 1 aliphatic rings. The van der Waals surface area contributed by atoms with Crippen molar-refractivity contribution in [2.24, 2.45) is 4.99 Å². The Morgan fingerprint density at radius 2 is 1.65 bits per heavy atom. The number of nitrogens with zero attached hydrogens (tertiary/aromatic N) is 4. The van der Waals surface area contributed by atoms with Crippen molar-refractivity contribution in [1.82, 2.24) is 13.9 Å². The predicted octanol–water partition coefficient (Wildman–Crippen LogP) is 5.96. The van der Waals surface area contributed by atoms with Gasteiger partial charge in [-0.25, -0.2) is 4.68 Å². The molecular weight excluding hydrogens is 528 g/mol. The molecule has 37 heavy (non-hydrogen) atoms. The van der Waals surface area contributed by atoms with E-state index < -0.39 is 0 Å². The number of hydrogen-bond donors (Lipinski definition) is 0. The molecular formula is C30H25BrN4O2. The Labute approximate surface area is 222 Å². The first-order valence-corrected chi connectivity index (χ1v) is 13.1. The highest BCUT2D eigenvalue weighted by Gasteiger charge is 2.22. The maximum Gasteiger partial charge on any atom is 0.281 e. The molecule has 0 radical (unpaired) electrons. The van der Waals surface area contributed by atoms with E-state index in [0.717, 1.165) is 27.8 Å². The van der Waals surface area contributed by atoms with Gasteiger partial charge in [-0.3, -0.25) is 19.3 Å². The fourth-order valence-corrected chi connectivity index (χ4v) is 5.50. The summed E-state index contributed by atoms with van der Waals surface area (Å²) in [5, 5.41) is 0.570. The first-order valence-electron chi connectivity index (χ1n) is 12.3. The molecule has 0 bridgehead atoms. The second-order valence-electron chi connectivity index (χ2n) is 9.35. The first kappa shape index (κ1) is 23.4. The van der Waals surface area contributed by atoms with E-state index in [1.807, 2.05) is 90.6 Å². The lowest BCUT2D eigenvalue weighted by molar-refractivity contribution is 0.597. The number of pyridine rings is 1. The zero-order valence-electron chi connectivity index (χ0n) is 20.3. The Morgan fingerprint density at radius 3 is 2.43 bits per heavy atom. The third kappa shape index (κ3) is 4.19. The number of para-hydroxylation sites is 2. The Bertz CT molecular complexity index is 1760. The van der Waals surface area contributed by atoms with Crippen LogP contribution in [0.4, 0.5) is 5.69 Å². The number of aryl methyl sites for hydroxylation is 1. The molecule has 6 rings (SSSR count). The number of hydrogen-bond acceptors (Lipinski definition) is 3. The molecule has 2 aromatic heterocycles. The number of halogens is 1. The van der Waals surface area contributed by atoms with Crippen molar-refractivity contribution in [2.45, 2.75) is 32.4 Å². The molecule has 3 heterocycles. The van der Waals surface area contributed by atoms with Crippen molar-refractivity contribution < 1.29 is 0 Å². The maximum atomic E-state index is 13.9. The van der Waals surface area contributed by atoms with Crippen LogP contribution in [0.1, 0.15) is 29.2 Å². The fourth-order valence-electron chi connectivity index (χ4n) is 5.23. The van der Waals surface area contributed by atoms with E-state index in [1.54, 1.807) is 15.3 Å². The summed E-state index contributed by atoms with van der Waals surface area (Å²) in [6, 6.07) is 27.3. The Morgan fingerprint density at radius 1 is 0.919 bits per heavy atom. The molecule has 0 N–H and O–H groups in total. The van der Waals surface area contributed by atoms with Gasteiger partial charge in [-0.05, 0) is 54.8 Å². The quantitative estimate of drug-likeness (QED) is 0.261. The highest BCUT2D eigenvalue weighted by atomic mass is 79.9. The van der Waals surface area contributed by atoms with Crippen LogP contribution in [0.15, 0.2) is 104 Å². The van der Waals surface area contributed by atoms with Crippen LogP contribution < -0.4 is 11.1 Å². The fraction of sp³-hybridized carbons (Fsp3) is 0.167. The van der Waals surface area contributed by atoms with E-state index in [1.165, 1.54) is 5.56 Å². The summed E-state index contributed by atoms with van der Waals surface area (Å²) in [7, 11) is 0. The lowest BCUT2D eigenvalue weighted by atomic mass is 9.98. The van der Waals surface area contributed by atoms with Crippen LogP contribution in [-0.4, -0.2) is 20.1 Å². The summed E-state index contributed by atoms with van der Waals surface area (Å²) in [4.78, 5) is 31.8. The van der Waals surface area contributed by atoms with Crippen molar-refractivity contribution in [2.75, 3.05) is 0 Å². The van der Waals surface area contributed by atoms with Crippen molar-refractivity contribution in [3.63, 3.8) is 0 Å². The van der Waals surface area contributed by atoms with Gasteiger partial charge in [-0.15, -0.1) is 0 Å². The van der Waals surface area contributed by atoms with Gasteiger partial charge in [0.15, 0.2) is 0 Å². The molecule has 0 saturated heterocycles. The van der Waals surface area contributed by atoms with Gasteiger partial charge in [0, 0.05) is 34.9 Å². The van der Waals surface area contributed by atoms with E-state index in [-0.39, 0.29) is 17.0 Å². The zero-order valence-corrected chi connectivity index (χ0v) is 21.9. The third-order valence-corrected chi connectivity index (χ3v) is 7.64. The number of aliphatic imine (C=N–C) groups is 1. The van der Waals surface area contributed by atoms with Crippen molar-refractivity contribution in [3.05, 3.63) is 127 Å². The van der Waals surface area contributed by atoms with Crippen molar-refractivity contribution in [3.8, 4) is 5.69 Å². The predicted molar refractivity (Wildman–Crippen MR) is 152 cm³/mol. The Hall–Kier alpha value is -3.97.